The second-order valence-corrected chi connectivity index (χ2v) is 18.1. The van der Waals surface area contributed by atoms with Crippen molar-refractivity contribution in [3.8, 4) is 5.75 Å². The number of rotatable bonds is 13. The molecule has 7 rings (SSSR count). The van der Waals surface area contributed by atoms with Gasteiger partial charge in [-0.15, -0.1) is 0 Å². The summed E-state index contributed by atoms with van der Waals surface area (Å²) in [6.45, 7) is 8.17. The number of carbonyl (C=O) groups excluding carboxylic acids is 2. The Labute approximate surface area is 346 Å². The number of sulfonamides is 1. The number of hydrogen-bond donors (Lipinski definition) is 5. The minimum absolute atomic E-state index is 0.00813. The molecule has 20 heteroatoms. The molecule has 4 fully saturated rings. The summed E-state index contributed by atoms with van der Waals surface area (Å²) >= 11 is 6.44. The fourth-order valence-corrected chi connectivity index (χ4v) is 9.55. The molecule has 4 heterocycles. The summed E-state index contributed by atoms with van der Waals surface area (Å²) in [4.78, 5) is 37.8. The molecule has 0 bridgehead atoms. The fraction of sp³-hybridized carbons (Fsp3) is 0.538. The van der Waals surface area contributed by atoms with Gasteiger partial charge in [0.05, 0.1) is 21.2 Å². The molecule has 0 radical (unpaired) electrons. The van der Waals surface area contributed by atoms with Crippen molar-refractivity contribution >= 4 is 56.6 Å². The number of amides is 2. The van der Waals surface area contributed by atoms with E-state index in [-0.39, 0.29) is 53.5 Å². The predicted molar refractivity (Wildman–Crippen MR) is 215 cm³/mol. The van der Waals surface area contributed by atoms with Gasteiger partial charge in [-0.2, -0.15) is 18.2 Å². The van der Waals surface area contributed by atoms with Gasteiger partial charge in [0.2, 0.25) is 27.8 Å². The van der Waals surface area contributed by atoms with Crippen molar-refractivity contribution in [2.24, 2.45) is 0 Å². The lowest BCUT2D eigenvalue weighted by atomic mass is 9.86. The molecule has 2 aromatic carbocycles. The highest BCUT2D eigenvalue weighted by Crippen LogP contribution is 2.38. The standard InChI is InChI=1S/C39H49ClF3N9O6S/c1-24-18-28(5-7-31(24)46-37-44-22-29(39(41,42)43)35(48-37)52-11-3-10-38(2,55)23-52)59(56,57)49-25-19-26(20-25)51-14-12-50(13-15-51)16-17-58-27-4-6-32(30(40)21-27)45-33-8-9-34(53)47-36(33)54/h4-7,18,21-22,25-26,33,45,49,55H,3,8-17,19-20,23H2,1-2H3,(H,44,46,48)(H,47,53,54)/t25?,26?,33?,38-/m0/s1. The van der Waals surface area contributed by atoms with Gasteiger partial charge in [0, 0.05) is 82.3 Å². The van der Waals surface area contributed by atoms with Crippen LogP contribution >= 0.6 is 11.6 Å². The monoisotopic (exact) mass is 863 g/mol. The van der Waals surface area contributed by atoms with E-state index in [4.69, 9.17) is 16.3 Å². The summed E-state index contributed by atoms with van der Waals surface area (Å²) in [6, 6.07) is 9.25. The summed E-state index contributed by atoms with van der Waals surface area (Å²) in [5.74, 6) is -0.445. The van der Waals surface area contributed by atoms with Crippen molar-refractivity contribution in [1.82, 2.24) is 29.8 Å². The molecule has 1 saturated carbocycles. The number of aromatic nitrogens is 2. The normalized spacial score (nSPS) is 24.7. The molecule has 2 atom stereocenters. The third-order valence-corrected chi connectivity index (χ3v) is 13.2. The van der Waals surface area contributed by atoms with Crippen LogP contribution < -0.4 is 30.3 Å². The Morgan fingerprint density at radius 1 is 1.07 bits per heavy atom. The van der Waals surface area contributed by atoms with Crippen molar-refractivity contribution in [3.63, 3.8) is 0 Å². The molecule has 5 N–H and O–H groups in total. The second-order valence-electron chi connectivity index (χ2n) is 16.0. The van der Waals surface area contributed by atoms with Crippen LogP contribution in [0.5, 0.6) is 5.75 Å². The maximum atomic E-state index is 13.9. The SMILES string of the molecule is Cc1cc(S(=O)(=O)NC2CC(N3CCN(CCOc4ccc(NC5CCC(=O)NC5=O)c(Cl)c4)CC3)C2)ccc1Nc1ncc(C(F)(F)F)c(N2CCC[C@](C)(O)C2)n1. The van der Waals surface area contributed by atoms with Crippen LogP contribution in [0, 0.1) is 6.92 Å². The smallest absolute Gasteiger partial charge is 0.421 e. The molecule has 3 aromatic rings. The number of aryl methyl sites for hydroxylation is 1. The number of alkyl halides is 3. The van der Waals surface area contributed by atoms with E-state index in [0.29, 0.717) is 73.0 Å². The van der Waals surface area contributed by atoms with Gasteiger partial charge in [-0.1, -0.05) is 11.6 Å². The molecular formula is C39H49ClF3N9O6S. The minimum atomic E-state index is -4.70. The number of imide groups is 1. The zero-order valence-corrected chi connectivity index (χ0v) is 34.4. The summed E-state index contributed by atoms with van der Waals surface area (Å²) < 4.78 is 77.2. The lowest BCUT2D eigenvalue weighted by Gasteiger charge is -2.46. The van der Waals surface area contributed by atoms with E-state index < -0.39 is 33.4 Å². The van der Waals surface area contributed by atoms with Crippen LogP contribution in [0.2, 0.25) is 5.02 Å². The molecule has 3 saturated heterocycles. The molecule has 0 spiro atoms. The highest BCUT2D eigenvalue weighted by atomic mass is 35.5. The number of piperazine rings is 1. The molecule has 15 nitrogen and oxygen atoms in total. The van der Waals surface area contributed by atoms with Crippen molar-refractivity contribution in [1.29, 1.82) is 0 Å². The Bertz CT molecular complexity index is 2150. The number of hydrogen-bond acceptors (Lipinski definition) is 13. The maximum Gasteiger partial charge on any atom is 0.421 e. The van der Waals surface area contributed by atoms with E-state index in [9.17, 15) is 36.3 Å². The zero-order chi connectivity index (χ0) is 42.1. The first-order valence-electron chi connectivity index (χ1n) is 19.7. The maximum absolute atomic E-state index is 13.9. The Morgan fingerprint density at radius 3 is 2.49 bits per heavy atom. The van der Waals surface area contributed by atoms with Crippen LogP contribution in [0.1, 0.15) is 56.6 Å². The molecule has 59 heavy (non-hydrogen) atoms. The van der Waals surface area contributed by atoms with E-state index in [0.717, 1.165) is 38.9 Å². The van der Waals surface area contributed by atoms with Crippen LogP contribution in [-0.4, -0.2) is 121 Å². The third kappa shape index (κ3) is 10.6. The largest absolute Gasteiger partial charge is 0.492 e. The number of benzene rings is 2. The van der Waals surface area contributed by atoms with Gasteiger partial charge < -0.3 is 25.4 Å². The topological polar surface area (TPSA) is 181 Å². The molecule has 3 aliphatic heterocycles. The van der Waals surface area contributed by atoms with Gasteiger partial charge in [-0.3, -0.25) is 24.7 Å². The van der Waals surface area contributed by atoms with Gasteiger partial charge in [0.25, 0.3) is 0 Å². The molecule has 1 aliphatic carbocycles. The Morgan fingerprint density at radius 2 is 1.81 bits per heavy atom. The average molecular weight is 864 g/mol. The van der Waals surface area contributed by atoms with Crippen LogP contribution in [0.15, 0.2) is 47.5 Å². The van der Waals surface area contributed by atoms with Crippen molar-refractivity contribution in [2.75, 3.05) is 68.0 Å². The minimum Gasteiger partial charge on any atom is -0.492 e. The zero-order valence-electron chi connectivity index (χ0n) is 32.8. The number of nitrogens with zero attached hydrogens (tertiary/aromatic N) is 5. The molecular weight excluding hydrogens is 815 g/mol. The van der Waals surface area contributed by atoms with Gasteiger partial charge in [0.1, 0.15) is 29.8 Å². The van der Waals surface area contributed by atoms with Crippen molar-refractivity contribution in [2.45, 2.75) is 87.2 Å². The Kier molecular flexibility index (Phi) is 12.6. The van der Waals surface area contributed by atoms with E-state index in [1.54, 1.807) is 38.1 Å². The van der Waals surface area contributed by atoms with Crippen LogP contribution in [0.4, 0.5) is 36.3 Å². The van der Waals surface area contributed by atoms with Crippen LogP contribution in [-0.2, 0) is 25.8 Å². The fourth-order valence-electron chi connectivity index (χ4n) is 7.97. The number of carbonyl (C=O) groups is 2. The quantitative estimate of drug-likeness (QED) is 0.154. The van der Waals surface area contributed by atoms with E-state index in [1.807, 2.05) is 0 Å². The number of nitrogens with one attached hydrogen (secondary N) is 4. The van der Waals surface area contributed by atoms with Crippen molar-refractivity contribution in [3.05, 3.63) is 58.7 Å². The summed E-state index contributed by atoms with van der Waals surface area (Å²) in [7, 11) is -3.84. The lowest BCUT2D eigenvalue weighted by molar-refractivity contribution is -0.138. The molecule has 2 amide bonds. The Balaban J connectivity index is 0.847. The second kappa shape index (κ2) is 17.4. The lowest BCUT2D eigenvalue weighted by Crippen LogP contribution is -2.58. The number of β-amino-alcohol motifs (C(OH)–C–C–N with tert-alkyl or cyclic N) is 1. The predicted octanol–water partition coefficient (Wildman–Crippen LogP) is 4.28. The van der Waals surface area contributed by atoms with Gasteiger partial charge >= 0.3 is 6.18 Å². The molecule has 320 valence electrons. The van der Waals surface area contributed by atoms with Gasteiger partial charge in [0.15, 0.2) is 0 Å². The first kappa shape index (κ1) is 42.8. The van der Waals surface area contributed by atoms with E-state index >= 15 is 0 Å². The molecule has 4 aliphatic rings. The highest BCUT2D eigenvalue weighted by Gasteiger charge is 2.40. The summed E-state index contributed by atoms with van der Waals surface area (Å²) in [5.41, 5.74) is -0.590. The van der Waals surface area contributed by atoms with Crippen LogP contribution in [0.3, 0.4) is 0 Å². The first-order valence-corrected chi connectivity index (χ1v) is 21.6. The van der Waals surface area contributed by atoms with E-state index in [1.165, 1.54) is 17.0 Å². The summed E-state index contributed by atoms with van der Waals surface area (Å²) in [5, 5.41) is 19.3. The Hall–Kier alpha value is -4.27. The highest BCUT2D eigenvalue weighted by molar-refractivity contribution is 7.89. The molecule has 1 unspecified atom stereocenters. The number of ether oxygens (including phenoxy) is 1. The molecule has 1 aromatic heterocycles. The summed E-state index contributed by atoms with van der Waals surface area (Å²) in [6.07, 6.45) is -0.957. The third-order valence-electron chi connectivity index (χ3n) is 11.3. The number of anilines is 4. The first-order chi connectivity index (χ1) is 27.9. The van der Waals surface area contributed by atoms with Crippen molar-refractivity contribution < 1.29 is 41.0 Å². The average Bonchev–Trinajstić information content (AvgIpc) is 3.15. The van der Waals surface area contributed by atoms with Crippen LogP contribution in [0.25, 0.3) is 0 Å². The number of aliphatic hydroxyl groups is 1. The number of piperidine rings is 2. The van der Waals surface area contributed by atoms with Gasteiger partial charge in [-0.25, -0.2) is 18.1 Å². The van der Waals surface area contributed by atoms with E-state index in [2.05, 4.69) is 40.4 Å². The van der Waals surface area contributed by atoms with Gasteiger partial charge in [-0.05, 0) is 81.8 Å². The number of halogens is 4.